The zero-order chi connectivity index (χ0) is 18.4. The summed E-state index contributed by atoms with van der Waals surface area (Å²) in [6.07, 6.45) is -8.47. The van der Waals surface area contributed by atoms with Crippen LogP contribution < -0.4 is 0 Å². The Kier molecular flexibility index (Phi) is 7.79. The minimum absolute atomic E-state index is 0.441. The van der Waals surface area contributed by atoms with Gasteiger partial charge in [-0.15, -0.1) is 0 Å². The van der Waals surface area contributed by atoms with E-state index in [0.29, 0.717) is 16.2 Å². The highest BCUT2D eigenvalue weighted by atomic mass is 79.9. The summed E-state index contributed by atoms with van der Waals surface area (Å²) in [6, 6.07) is 10.3. The van der Waals surface area contributed by atoms with Crippen molar-refractivity contribution in [3.05, 3.63) is 70.8 Å². The molecule has 132 valence electrons. The van der Waals surface area contributed by atoms with E-state index >= 15 is 0 Å². The number of hydrogen-bond acceptors (Lipinski definition) is 0. The van der Waals surface area contributed by atoms with Crippen LogP contribution in [0.1, 0.15) is 22.3 Å². The molecule has 24 heavy (non-hydrogen) atoms. The molecule has 0 aliphatic heterocycles. The van der Waals surface area contributed by atoms with Crippen LogP contribution >= 0.6 is 31.9 Å². The average molecular weight is 478 g/mol. The van der Waals surface area contributed by atoms with Gasteiger partial charge in [-0.1, -0.05) is 62.2 Å². The molecule has 0 aliphatic carbocycles. The van der Waals surface area contributed by atoms with E-state index in [1.165, 1.54) is 18.2 Å². The maximum atomic E-state index is 12.1. The topological polar surface area (TPSA) is 0 Å². The van der Waals surface area contributed by atoms with Gasteiger partial charge in [0.05, 0.1) is 11.1 Å². The van der Waals surface area contributed by atoms with E-state index in [1.807, 2.05) is 0 Å². The third-order valence-electron chi connectivity index (χ3n) is 2.84. The smallest absolute Gasteiger partial charge is 0.166 e. The maximum absolute atomic E-state index is 12.1. The molecule has 0 amide bonds. The third-order valence-corrected chi connectivity index (χ3v) is 4.14. The molecule has 0 aliphatic rings. The lowest BCUT2D eigenvalue weighted by Crippen LogP contribution is -2.04. The molecule has 0 saturated carbocycles. The van der Waals surface area contributed by atoms with E-state index < -0.39 is 23.5 Å². The zero-order valence-corrected chi connectivity index (χ0v) is 15.2. The number of benzene rings is 2. The largest absolute Gasteiger partial charge is 0.416 e. The van der Waals surface area contributed by atoms with Crippen molar-refractivity contribution >= 4 is 31.9 Å². The molecule has 0 nitrogen and oxygen atoms in total. The highest BCUT2D eigenvalue weighted by Crippen LogP contribution is 2.30. The Morgan fingerprint density at radius 1 is 0.625 bits per heavy atom. The monoisotopic (exact) mass is 476 g/mol. The van der Waals surface area contributed by atoms with Gasteiger partial charge < -0.3 is 0 Å². The Morgan fingerprint density at radius 2 is 1.12 bits per heavy atom. The molecule has 2 aromatic rings. The van der Waals surface area contributed by atoms with Gasteiger partial charge in [-0.05, 0) is 29.3 Å². The van der Waals surface area contributed by atoms with Gasteiger partial charge in [0, 0.05) is 10.7 Å². The average Bonchev–Trinajstić information content (AvgIpc) is 2.54. The predicted molar refractivity (Wildman–Crippen MR) is 88.2 cm³/mol. The van der Waals surface area contributed by atoms with Crippen LogP contribution in [0.15, 0.2) is 48.5 Å². The fourth-order valence-electron chi connectivity index (χ4n) is 1.61. The molecule has 0 spiro atoms. The number of alkyl halides is 8. The highest BCUT2D eigenvalue weighted by Gasteiger charge is 2.30. The first-order chi connectivity index (χ1) is 11.1. The van der Waals surface area contributed by atoms with Crippen LogP contribution in [-0.4, -0.2) is 0 Å². The Hall–Kier alpha value is -1.02. The Bertz CT molecular complexity index is 632. The zero-order valence-electron chi connectivity index (χ0n) is 12.1. The summed E-state index contributed by atoms with van der Waals surface area (Å²) in [5.74, 6) is 0. The highest BCUT2D eigenvalue weighted by molar-refractivity contribution is 9.08. The van der Waals surface area contributed by atoms with Crippen molar-refractivity contribution in [1.82, 2.24) is 0 Å². The second-order valence-corrected chi connectivity index (χ2v) is 5.78. The van der Waals surface area contributed by atoms with Crippen LogP contribution in [0.2, 0.25) is 0 Å². The first kappa shape index (κ1) is 21.0. The second-order valence-electron chi connectivity index (χ2n) is 4.66. The van der Waals surface area contributed by atoms with Gasteiger partial charge in [0.25, 0.3) is 0 Å². The van der Waals surface area contributed by atoms with Crippen molar-refractivity contribution in [3.8, 4) is 0 Å². The molecule has 0 N–H and O–H groups in total. The van der Waals surface area contributed by atoms with Gasteiger partial charge in [0.1, 0.15) is 0 Å². The fraction of sp³-hybridized carbons (Fsp3) is 0.250. The first-order valence-corrected chi connectivity index (χ1v) is 8.76. The van der Waals surface area contributed by atoms with E-state index in [4.69, 9.17) is 0 Å². The molecule has 0 radical (unpaired) electrons. The van der Waals surface area contributed by atoms with Gasteiger partial charge >= 0.3 is 12.4 Å². The molecule has 0 bridgehead atoms. The standard InChI is InChI=1S/2C8H6BrF3/c9-5-6-1-3-7(4-2-6)8(10,11)12;9-5-6-2-1-3-7(4-6)8(10,11)12/h2*1-4H,5H2. The summed E-state index contributed by atoms with van der Waals surface area (Å²) >= 11 is 6.24. The Morgan fingerprint density at radius 3 is 1.54 bits per heavy atom. The normalized spacial score (nSPS) is 11.7. The van der Waals surface area contributed by atoms with E-state index in [2.05, 4.69) is 31.9 Å². The first-order valence-electron chi connectivity index (χ1n) is 6.52. The van der Waals surface area contributed by atoms with E-state index in [9.17, 15) is 26.3 Å². The molecule has 0 aromatic heterocycles. The number of halogens is 8. The van der Waals surface area contributed by atoms with E-state index in [-0.39, 0.29) is 0 Å². The van der Waals surface area contributed by atoms with Gasteiger partial charge in [-0.25, -0.2) is 0 Å². The van der Waals surface area contributed by atoms with Crippen LogP contribution in [0, 0.1) is 0 Å². The fourth-order valence-corrected chi connectivity index (χ4v) is 2.34. The van der Waals surface area contributed by atoms with Crippen molar-refractivity contribution in [2.45, 2.75) is 23.0 Å². The summed E-state index contributed by atoms with van der Waals surface area (Å²) in [4.78, 5) is 0. The molecule has 0 saturated heterocycles. The van der Waals surface area contributed by atoms with Crippen LogP contribution in [0.4, 0.5) is 26.3 Å². The van der Waals surface area contributed by atoms with E-state index in [0.717, 1.165) is 29.8 Å². The van der Waals surface area contributed by atoms with Crippen LogP contribution in [0.5, 0.6) is 0 Å². The van der Waals surface area contributed by atoms with Crippen molar-refractivity contribution < 1.29 is 26.3 Å². The maximum Gasteiger partial charge on any atom is 0.416 e. The second kappa shape index (κ2) is 8.89. The third kappa shape index (κ3) is 6.84. The van der Waals surface area contributed by atoms with E-state index in [1.54, 1.807) is 6.07 Å². The lowest BCUT2D eigenvalue weighted by Gasteiger charge is -2.06. The van der Waals surface area contributed by atoms with Crippen molar-refractivity contribution in [1.29, 1.82) is 0 Å². The molecule has 0 unspecified atom stereocenters. The lowest BCUT2D eigenvalue weighted by atomic mass is 10.1. The minimum Gasteiger partial charge on any atom is -0.166 e. The molecule has 2 aromatic carbocycles. The van der Waals surface area contributed by atoms with Crippen LogP contribution in [-0.2, 0) is 23.0 Å². The van der Waals surface area contributed by atoms with Crippen LogP contribution in [0.25, 0.3) is 0 Å². The summed E-state index contributed by atoms with van der Waals surface area (Å²) < 4.78 is 72.3. The predicted octanol–water partition coefficient (Wildman–Crippen LogP) is 7.20. The molecule has 2 rings (SSSR count). The van der Waals surface area contributed by atoms with Crippen molar-refractivity contribution in [2.75, 3.05) is 0 Å². The number of rotatable bonds is 2. The number of hydrogen-bond donors (Lipinski definition) is 0. The van der Waals surface area contributed by atoms with Crippen LogP contribution in [0.3, 0.4) is 0 Å². The van der Waals surface area contributed by atoms with Crippen molar-refractivity contribution in [3.63, 3.8) is 0 Å². The van der Waals surface area contributed by atoms with Gasteiger partial charge in [0.15, 0.2) is 0 Å². The molecular formula is C16H12Br2F6. The SMILES string of the molecule is FC(F)(F)c1ccc(CBr)cc1.FC(F)(F)c1cccc(CBr)c1. The van der Waals surface area contributed by atoms with Gasteiger partial charge in [0.2, 0.25) is 0 Å². The molecule has 0 atom stereocenters. The Labute approximate surface area is 152 Å². The molecule has 0 fully saturated rings. The van der Waals surface area contributed by atoms with Gasteiger partial charge in [-0.2, -0.15) is 26.3 Å². The summed E-state index contributed by atoms with van der Waals surface area (Å²) in [5, 5.41) is 1.02. The summed E-state index contributed by atoms with van der Waals surface area (Å²) in [6.45, 7) is 0. The molecule has 0 heterocycles. The summed E-state index contributed by atoms with van der Waals surface area (Å²) in [7, 11) is 0. The summed E-state index contributed by atoms with van der Waals surface area (Å²) in [5.41, 5.74) is 0.263. The van der Waals surface area contributed by atoms with Crippen molar-refractivity contribution in [2.24, 2.45) is 0 Å². The Balaban J connectivity index is 0.000000240. The van der Waals surface area contributed by atoms with Gasteiger partial charge in [-0.3, -0.25) is 0 Å². The quantitative estimate of drug-likeness (QED) is 0.317. The lowest BCUT2D eigenvalue weighted by molar-refractivity contribution is -0.138. The minimum atomic E-state index is -4.24. The molecular weight excluding hydrogens is 466 g/mol. The molecule has 8 heteroatoms.